The normalized spacial score (nSPS) is 11.6. The highest BCUT2D eigenvalue weighted by atomic mass is 28.4. The van der Waals surface area contributed by atoms with Crippen LogP contribution in [0.5, 0.6) is 11.5 Å². The molecule has 0 heterocycles. The fourth-order valence-electron chi connectivity index (χ4n) is 3.03. The second kappa shape index (κ2) is 9.75. The van der Waals surface area contributed by atoms with E-state index in [1.54, 1.807) is 24.3 Å². The van der Waals surface area contributed by atoms with E-state index in [-0.39, 0.29) is 27.5 Å². The van der Waals surface area contributed by atoms with Crippen molar-refractivity contribution >= 4 is 26.2 Å². The monoisotopic (exact) mass is 492 g/mol. The molecule has 35 heavy (non-hydrogen) atoms. The van der Waals surface area contributed by atoms with E-state index in [1.807, 2.05) is 24.3 Å². The summed E-state index contributed by atoms with van der Waals surface area (Å²) in [6.07, 6.45) is 0. The average Bonchev–Trinajstić information content (AvgIpc) is 2.78. The Morgan fingerprint density at radius 2 is 1.14 bits per heavy atom. The minimum Gasteiger partial charge on any atom is -0.544 e. The fraction of sp³-hybridized carbons (Fsp3) is 0.222. The van der Waals surface area contributed by atoms with Crippen LogP contribution in [0.1, 0.15) is 51.8 Å². The van der Waals surface area contributed by atoms with Crippen molar-refractivity contribution in [1.82, 2.24) is 0 Å². The van der Waals surface area contributed by atoms with Gasteiger partial charge in [-0.3, -0.25) is 0 Å². The second-order valence-corrected chi connectivity index (χ2v) is 14.4. The zero-order valence-electron chi connectivity index (χ0n) is 20.3. The van der Waals surface area contributed by atoms with Gasteiger partial charge < -0.3 is 19.4 Å². The number of carbonyl (C=O) groups excluding carboxylic acids is 1. The third-order valence-electron chi connectivity index (χ3n) is 6.10. The molecule has 0 radical (unpaired) electrons. The highest BCUT2D eigenvalue weighted by Gasteiger charge is 2.38. The van der Waals surface area contributed by atoms with Gasteiger partial charge in [0.05, 0.1) is 16.7 Å². The maximum Gasteiger partial charge on any atom is 0.343 e. The van der Waals surface area contributed by atoms with Gasteiger partial charge in [0.1, 0.15) is 11.5 Å². The summed E-state index contributed by atoms with van der Waals surface area (Å²) in [5.41, 5.74) is 1.51. The van der Waals surface area contributed by atoms with E-state index >= 15 is 0 Å². The molecule has 182 valence electrons. The predicted octanol–water partition coefficient (Wildman–Crippen LogP) is 6.35. The number of hydrogen-bond donors (Lipinski definition) is 2. The lowest BCUT2D eigenvalue weighted by Gasteiger charge is -2.36. The van der Waals surface area contributed by atoms with Gasteiger partial charge in [0.25, 0.3) is 0 Å². The maximum absolute atomic E-state index is 12.6. The lowest BCUT2D eigenvalue weighted by molar-refractivity contribution is 0.0681. The molecular weight excluding hydrogens is 464 g/mol. The highest BCUT2D eigenvalue weighted by molar-refractivity contribution is 6.74. The maximum atomic E-state index is 12.6. The van der Waals surface area contributed by atoms with Gasteiger partial charge in [-0.15, -0.1) is 0 Å². The minimum absolute atomic E-state index is 0.0975. The summed E-state index contributed by atoms with van der Waals surface area (Å²) >= 11 is 0. The Labute approximate surface area is 205 Å². The zero-order chi connectivity index (χ0) is 26.0. The SMILES string of the molecule is CC(C)(C)[Si](C)(C)Oc1ccc(-c2ccc(C(=O)Oc3cc(C(=O)O)cc(C(=O)O)c3)cc2)cc1. The Bertz CT molecular complexity index is 1220. The lowest BCUT2D eigenvalue weighted by atomic mass is 10.0. The molecule has 0 aliphatic rings. The summed E-state index contributed by atoms with van der Waals surface area (Å²) < 4.78 is 11.6. The number of rotatable bonds is 7. The van der Waals surface area contributed by atoms with Crippen LogP contribution in [-0.2, 0) is 0 Å². The first-order valence-electron chi connectivity index (χ1n) is 11.0. The van der Waals surface area contributed by atoms with Gasteiger partial charge in [0, 0.05) is 0 Å². The van der Waals surface area contributed by atoms with E-state index in [1.165, 1.54) is 0 Å². The molecule has 0 bridgehead atoms. The van der Waals surface area contributed by atoms with E-state index in [4.69, 9.17) is 9.16 Å². The molecule has 3 rings (SSSR count). The van der Waals surface area contributed by atoms with Crippen LogP contribution < -0.4 is 9.16 Å². The van der Waals surface area contributed by atoms with Crippen molar-refractivity contribution in [2.75, 3.05) is 0 Å². The van der Waals surface area contributed by atoms with Crippen LogP contribution >= 0.6 is 0 Å². The Morgan fingerprint density at radius 1 is 0.686 bits per heavy atom. The molecule has 0 amide bonds. The average molecular weight is 493 g/mol. The van der Waals surface area contributed by atoms with Crippen LogP contribution in [0.2, 0.25) is 18.1 Å². The molecule has 2 N–H and O–H groups in total. The van der Waals surface area contributed by atoms with Crippen molar-refractivity contribution in [2.24, 2.45) is 0 Å². The molecule has 3 aromatic carbocycles. The Morgan fingerprint density at radius 3 is 1.57 bits per heavy atom. The van der Waals surface area contributed by atoms with Gasteiger partial charge in [-0.05, 0) is 71.7 Å². The Kier molecular flexibility index (Phi) is 7.16. The highest BCUT2D eigenvalue weighted by Crippen LogP contribution is 2.37. The number of carboxylic acid groups (broad SMARTS) is 2. The van der Waals surface area contributed by atoms with Crippen molar-refractivity contribution in [3.05, 3.63) is 83.4 Å². The number of carboxylic acids is 2. The summed E-state index contributed by atoms with van der Waals surface area (Å²) in [5, 5.41) is 18.4. The van der Waals surface area contributed by atoms with Crippen molar-refractivity contribution in [2.45, 2.75) is 38.9 Å². The van der Waals surface area contributed by atoms with Crippen molar-refractivity contribution < 1.29 is 33.8 Å². The number of hydrogen-bond acceptors (Lipinski definition) is 5. The van der Waals surface area contributed by atoms with Crippen molar-refractivity contribution in [3.63, 3.8) is 0 Å². The van der Waals surface area contributed by atoms with Gasteiger partial charge in [-0.1, -0.05) is 45.0 Å². The van der Waals surface area contributed by atoms with Crippen LogP contribution in [0.4, 0.5) is 0 Å². The largest absolute Gasteiger partial charge is 0.544 e. The van der Waals surface area contributed by atoms with Gasteiger partial charge in [-0.25, -0.2) is 14.4 Å². The number of benzene rings is 3. The van der Waals surface area contributed by atoms with E-state index in [2.05, 4.69) is 33.9 Å². The first kappa shape index (κ1) is 25.7. The summed E-state index contributed by atoms with van der Waals surface area (Å²) in [5.74, 6) is -2.71. The number of ether oxygens (including phenoxy) is 1. The zero-order valence-corrected chi connectivity index (χ0v) is 21.3. The second-order valence-electron chi connectivity index (χ2n) is 9.71. The molecular formula is C27H28O7Si. The Hall–Kier alpha value is -3.91. The van der Waals surface area contributed by atoms with Crippen molar-refractivity contribution in [3.8, 4) is 22.6 Å². The first-order chi connectivity index (χ1) is 16.3. The molecule has 8 heteroatoms. The molecule has 0 atom stereocenters. The summed E-state index contributed by atoms with van der Waals surface area (Å²) in [4.78, 5) is 35.1. The molecule has 0 fully saturated rings. The molecule has 0 aromatic heterocycles. The predicted molar refractivity (Wildman–Crippen MR) is 135 cm³/mol. The Balaban J connectivity index is 1.74. The molecule has 0 unspecified atom stereocenters. The molecule has 0 aliphatic carbocycles. The summed E-state index contributed by atoms with van der Waals surface area (Å²) in [6.45, 7) is 11.0. The lowest BCUT2D eigenvalue weighted by Crippen LogP contribution is -2.43. The van der Waals surface area contributed by atoms with Gasteiger partial charge in [0.2, 0.25) is 8.32 Å². The summed E-state index contributed by atoms with van der Waals surface area (Å²) in [7, 11) is -1.93. The molecule has 0 aliphatic heterocycles. The molecule has 0 saturated heterocycles. The van der Waals surface area contributed by atoms with Crippen LogP contribution in [0, 0.1) is 0 Å². The van der Waals surface area contributed by atoms with E-state index in [0.717, 1.165) is 35.1 Å². The standard InChI is InChI=1S/C27H28O7Si/c1-27(2,3)35(4,5)34-22-12-10-18(11-13-22)17-6-8-19(9-7-17)26(32)33-23-15-20(24(28)29)14-21(16-23)25(30)31/h6-16H,1-5H3,(H,28,29)(H,30,31). The topological polar surface area (TPSA) is 110 Å². The first-order valence-corrected chi connectivity index (χ1v) is 13.9. The van der Waals surface area contributed by atoms with E-state index in [0.29, 0.717) is 0 Å². The van der Waals surface area contributed by atoms with E-state index < -0.39 is 26.2 Å². The third-order valence-corrected chi connectivity index (χ3v) is 10.5. The van der Waals surface area contributed by atoms with Crippen LogP contribution in [0.25, 0.3) is 11.1 Å². The quantitative estimate of drug-likeness (QED) is 0.224. The third kappa shape index (κ3) is 6.16. The van der Waals surface area contributed by atoms with E-state index in [9.17, 15) is 24.6 Å². The minimum atomic E-state index is -1.93. The fourth-order valence-corrected chi connectivity index (χ4v) is 4.06. The van der Waals surface area contributed by atoms with Crippen molar-refractivity contribution in [1.29, 1.82) is 0 Å². The molecule has 0 spiro atoms. The number of esters is 1. The van der Waals surface area contributed by atoms with Gasteiger partial charge in [0.15, 0.2) is 0 Å². The van der Waals surface area contributed by atoms with Crippen LogP contribution in [-0.4, -0.2) is 36.4 Å². The molecule has 0 saturated carbocycles. The molecule has 3 aromatic rings. The summed E-state index contributed by atoms with van der Waals surface area (Å²) in [6, 6.07) is 17.7. The van der Waals surface area contributed by atoms with Crippen LogP contribution in [0.3, 0.4) is 0 Å². The van der Waals surface area contributed by atoms with Gasteiger partial charge in [-0.2, -0.15) is 0 Å². The number of aromatic carboxylic acids is 2. The van der Waals surface area contributed by atoms with Crippen LogP contribution in [0.15, 0.2) is 66.7 Å². The van der Waals surface area contributed by atoms with Gasteiger partial charge >= 0.3 is 17.9 Å². The smallest absolute Gasteiger partial charge is 0.343 e. The number of carbonyl (C=O) groups is 3. The molecule has 7 nitrogen and oxygen atoms in total.